The van der Waals surface area contributed by atoms with Crippen molar-refractivity contribution in [1.29, 1.82) is 0 Å². The van der Waals surface area contributed by atoms with Crippen molar-refractivity contribution in [2.75, 3.05) is 11.9 Å². The minimum atomic E-state index is -0.409. The summed E-state index contributed by atoms with van der Waals surface area (Å²) in [6.07, 6.45) is 0. The minimum Gasteiger partial charge on any atom is -0.373 e. The van der Waals surface area contributed by atoms with Gasteiger partial charge in [-0.15, -0.1) is 0 Å². The van der Waals surface area contributed by atoms with Crippen molar-refractivity contribution in [3.05, 3.63) is 27.2 Å². The van der Waals surface area contributed by atoms with Crippen LogP contribution in [0.25, 0.3) is 0 Å². The lowest BCUT2D eigenvalue weighted by Crippen LogP contribution is -2.39. The Balaban J connectivity index is 2.69. The number of benzene rings is 1. The molecule has 6 heteroatoms. The number of carbonyl (C=O) groups is 1. The van der Waals surface area contributed by atoms with E-state index in [9.17, 15) is 4.79 Å². The molecule has 1 aromatic rings. The summed E-state index contributed by atoms with van der Waals surface area (Å²) in [7, 11) is 0. The molecule has 2 N–H and O–H groups in total. The molecule has 19 heavy (non-hydrogen) atoms. The molecular formula is C13H17Cl3N2O. The molecule has 1 amide bonds. The summed E-state index contributed by atoms with van der Waals surface area (Å²) in [6.45, 7) is 6.47. The topological polar surface area (TPSA) is 41.1 Å². The first-order valence-corrected chi connectivity index (χ1v) is 7.13. The quantitative estimate of drug-likeness (QED) is 0.797. The Hall–Kier alpha value is -0.640. The van der Waals surface area contributed by atoms with Gasteiger partial charge in [0.05, 0.1) is 20.8 Å². The van der Waals surface area contributed by atoms with Gasteiger partial charge in [-0.05, 0) is 25.0 Å². The average Bonchev–Trinajstić information content (AvgIpc) is 2.32. The highest BCUT2D eigenvalue weighted by Gasteiger charge is 2.15. The second-order valence-corrected chi connectivity index (χ2v) is 5.97. The molecule has 0 bridgehead atoms. The second-order valence-electron chi connectivity index (χ2n) is 4.75. The first-order chi connectivity index (χ1) is 8.81. The van der Waals surface area contributed by atoms with Gasteiger partial charge in [-0.25, -0.2) is 0 Å². The molecule has 0 radical (unpaired) electrons. The molecular weight excluding hydrogens is 307 g/mol. The summed E-state index contributed by atoms with van der Waals surface area (Å²) in [6, 6.07) is 2.75. The minimum absolute atomic E-state index is 0.0872. The van der Waals surface area contributed by atoms with Crippen molar-refractivity contribution in [2.24, 2.45) is 5.92 Å². The van der Waals surface area contributed by atoms with Crippen LogP contribution in [0, 0.1) is 5.92 Å². The van der Waals surface area contributed by atoms with E-state index in [1.54, 1.807) is 19.1 Å². The normalized spacial score (nSPS) is 12.4. The maximum Gasteiger partial charge on any atom is 0.242 e. The average molecular weight is 324 g/mol. The largest absolute Gasteiger partial charge is 0.373 e. The van der Waals surface area contributed by atoms with Gasteiger partial charge in [0.15, 0.2) is 0 Å². The molecule has 0 spiro atoms. The van der Waals surface area contributed by atoms with E-state index in [2.05, 4.69) is 10.6 Å². The molecule has 106 valence electrons. The highest BCUT2D eigenvalue weighted by Crippen LogP contribution is 2.32. The molecule has 0 heterocycles. The highest BCUT2D eigenvalue weighted by molar-refractivity contribution is 6.44. The zero-order chi connectivity index (χ0) is 14.6. The lowest BCUT2D eigenvalue weighted by molar-refractivity contribution is -0.121. The summed E-state index contributed by atoms with van der Waals surface area (Å²) >= 11 is 17.8. The van der Waals surface area contributed by atoms with Gasteiger partial charge in [0, 0.05) is 6.54 Å². The Morgan fingerprint density at radius 2 is 1.68 bits per heavy atom. The van der Waals surface area contributed by atoms with Crippen LogP contribution in [0.3, 0.4) is 0 Å². The van der Waals surface area contributed by atoms with Gasteiger partial charge in [-0.2, -0.15) is 0 Å². The summed E-state index contributed by atoms with van der Waals surface area (Å²) < 4.78 is 0. The second kappa shape index (κ2) is 7.22. The van der Waals surface area contributed by atoms with E-state index < -0.39 is 6.04 Å². The number of halogens is 3. The molecule has 0 aliphatic carbocycles. The van der Waals surface area contributed by atoms with E-state index in [1.165, 1.54) is 0 Å². The van der Waals surface area contributed by atoms with Gasteiger partial charge in [-0.3, -0.25) is 4.79 Å². The Bertz CT molecular complexity index is 463. The third-order valence-electron chi connectivity index (χ3n) is 2.46. The maximum absolute atomic E-state index is 11.8. The van der Waals surface area contributed by atoms with Crippen LogP contribution in [0.4, 0.5) is 5.69 Å². The zero-order valence-corrected chi connectivity index (χ0v) is 13.3. The van der Waals surface area contributed by atoms with Gasteiger partial charge in [-0.1, -0.05) is 48.7 Å². The fraction of sp³-hybridized carbons (Fsp3) is 0.462. The van der Waals surface area contributed by atoms with Crippen LogP contribution in [-0.2, 0) is 4.79 Å². The van der Waals surface area contributed by atoms with Crippen LogP contribution >= 0.6 is 34.8 Å². The third kappa shape index (κ3) is 5.09. The van der Waals surface area contributed by atoms with E-state index >= 15 is 0 Å². The Morgan fingerprint density at radius 1 is 1.11 bits per heavy atom. The number of nitrogens with one attached hydrogen (secondary N) is 2. The Morgan fingerprint density at radius 3 is 2.26 bits per heavy atom. The van der Waals surface area contributed by atoms with Gasteiger partial charge < -0.3 is 10.6 Å². The van der Waals surface area contributed by atoms with Crippen LogP contribution in [0.5, 0.6) is 0 Å². The van der Waals surface area contributed by atoms with Crippen LogP contribution in [0.2, 0.25) is 15.1 Å². The Kier molecular flexibility index (Phi) is 6.24. The standard InChI is InChI=1S/C13H17Cl3N2O/c1-7(2)6-17-13(19)8(3)18-12-5-10(15)9(14)4-11(12)16/h4-5,7-8,18H,6H2,1-3H3,(H,17,19). The van der Waals surface area contributed by atoms with Crippen molar-refractivity contribution in [3.63, 3.8) is 0 Å². The molecule has 1 rings (SSSR count). The van der Waals surface area contributed by atoms with E-state index in [0.29, 0.717) is 33.2 Å². The SMILES string of the molecule is CC(C)CNC(=O)C(C)Nc1cc(Cl)c(Cl)cc1Cl. The molecule has 1 unspecified atom stereocenters. The van der Waals surface area contributed by atoms with E-state index in [1.807, 2.05) is 13.8 Å². The molecule has 0 aliphatic heterocycles. The highest BCUT2D eigenvalue weighted by atomic mass is 35.5. The first-order valence-electron chi connectivity index (χ1n) is 6.00. The lowest BCUT2D eigenvalue weighted by Gasteiger charge is -2.17. The van der Waals surface area contributed by atoms with Crippen LogP contribution in [0.1, 0.15) is 20.8 Å². The molecule has 1 atom stereocenters. The molecule has 3 nitrogen and oxygen atoms in total. The fourth-order valence-corrected chi connectivity index (χ4v) is 1.99. The molecule has 0 saturated carbocycles. The van der Waals surface area contributed by atoms with Crippen molar-refractivity contribution in [3.8, 4) is 0 Å². The third-order valence-corrected chi connectivity index (χ3v) is 3.49. The molecule has 0 fully saturated rings. The number of hydrogen-bond acceptors (Lipinski definition) is 2. The smallest absolute Gasteiger partial charge is 0.242 e. The van der Waals surface area contributed by atoms with Crippen molar-refractivity contribution < 1.29 is 4.79 Å². The molecule has 0 aromatic heterocycles. The van der Waals surface area contributed by atoms with E-state index in [-0.39, 0.29) is 5.91 Å². The predicted molar refractivity (Wildman–Crippen MR) is 82.4 cm³/mol. The number of rotatable bonds is 5. The van der Waals surface area contributed by atoms with Crippen molar-refractivity contribution >= 4 is 46.4 Å². The molecule has 0 saturated heterocycles. The first kappa shape index (κ1) is 16.4. The molecule has 0 aliphatic rings. The number of carbonyl (C=O) groups excluding carboxylic acids is 1. The van der Waals surface area contributed by atoms with Gasteiger partial charge in [0.1, 0.15) is 6.04 Å². The van der Waals surface area contributed by atoms with Crippen molar-refractivity contribution in [2.45, 2.75) is 26.8 Å². The van der Waals surface area contributed by atoms with Gasteiger partial charge in [0.25, 0.3) is 0 Å². The monoisotopic (exact) mass is 322 g/mol. The predicted octanol–water partition coefficient (Wildman–Crippen LogP) is 4.22. The summed E-state index contributed by atoms with van der Waals surface area (Å²) in [5.74, 6) is 0.320. The summed E-state index contributed by atoms with van der Waals surface area (Å²) in [4.78, 5) is 11.8. The Labute approximate surface area is 128 Å². The van der Waals surface area contributed by atoms with Crippen LogP contribution in [0.15, 0.2) is 12.1 Å². The summed E-state index contributed by atoms with van der Waals surface area (Å²) in [5.41, 5.74) is 0.586. The summed E-state index contributed by atoms with van der Waals surface area (Å²) in [5, 5.41) is 7.06. The molecule has 1 aromatic carbocycles. The van der Waals surface area contributed by atoms with E-state index in [4.69, 9.17) is 34.8 Å². The lowest BCUT2D eigenvalue weighted by atomic mass is 10.2. The van der Waals surface area contributed by atoms with Crippen LogP contribution in [-0.4, -0.2) is 18.5 Å². The van der Waals surface area contributed by atoms with Gasteiger partial charge in [0.2, 0.25) is 5.91 Å². The van der Waals surface area contributed by atoms with Crippen LogP contribution < -0.4 is 10.6 Å². The number of hydrogen-bond donors (Lipinski definition) is 2. The van der Waals surface area contributed by atoms with E-state index in [0.717, 1.165) is 0 Å². The zero-order valence-electron chi connectivity index (χ0n) is 11.1. The van der Waals surface area contributed by atoms with Crippen molar-refractivity contribution in [1.82, 2.24) is 5.32 Å². The number of anilines is 1. The maximum atomic E-state index is 11.8. The fourth-order valence-electron chi connectivity index (χ4n) is 1.39. The van der Waals surface area contributed by atoms with Gasteiger partial charge >= 0.3 is 0 Å². The number of amides is 1.